The Morgan fingerprint density at radius 1 is 1.12 bits per heavy atom. The molecule has 1 unspecified atom stereocenters. The van der Waals surface area contributed by atoms with Crippen molar-refractivity contribution >= 4 is 5.91 Å². The van der Waals surface area contributed by atoms with E-state index >= 15 is 0 Å². The molecule has 0 radical (unpaired) electrons. The van der Waals surface area contributed by atoms with Gasteiger partial charge in [0.2, 0.25) is 0 Å². The highest BCUT2D eigenvalue weighted by atomic mass is 16.5. The second kappa shape index (κ2) is 8.96. The summed E-state index contributed by atoms with van der Waals surface area (Å²) >= 11 is 0. The smallest absolute Gasteiger partial charge is 0.261 e. The summed E-state index contributed by atoms with van der Waals surface area (Å²) in [7, 11) is 1.65. The molecular weight excluding hydrogens is 302 g/mol. The van der Waals surface area contributed by atoms with E-state index in [1.54, 1.807) is 7.11 Å². The van der Waals surface area contributed by atoms with Gasteiger partial charge in [0.1, 0.15) is 11.5 Å². The van der Waals surface area contributed by atoms with Crippen LogP contribution in [0.25, 0.3) is 0 Å². The van der Waals surface area contributed by atoms with Crippen LogP contribution in [-0.2, 0) is 11.2 Å². The summed E-state index contributed by atoms with van der Waals surface area (Å²) in [5.74, 6) is 1.52. The number of amides is 1. The zero-order chi connectivity index (χ0) is 17.4. The fourth-order valence-electron chi connectivity index (χ4n) is 2.40. The molecule has 0 bridgehead atoms. The maximum absolute atomic E-state index is 12.3. The van der Waals surface area contributed by atoms with Gasteiger partial charge in [-0.15, -0.1) is 0 Å². The summed E-state index contributed by atoms with van der Waals surface area (Å²) in [6.45, 7) is 4.51. The second-order valence-electron chi connectivity index (χ2n) is 5.67. The maximum atomic E-state index is 12.3. The largest absolute Gasteiger partial charge is 0.497 e. The molecule has 0 heterocycles. The Hall–Kier alpha value is -2.49. The van der Waals surface area contributed by atoms with Crippen molar-refractivity contribution in [3.63, 3.8) is 0 Å². The molecule has 24 heavy (non-hydrogen) atoms. The second-order valence-corrected chi connectivity index (χ2v) is 5.67. The van der Waals surface area contributed by atoms with E-state index in [-0.39, 0.29) is 5.91 Å². The number of carbonyl (C=O) groups is 1. The van der Waals surface area contributed by atoms with Crippen LogP contribution in [0.15, 0.2) is 48.5 Å². The van der Waals surface area contributed by atoms with Gasteiger partial charge < -0.3 is 14.8 Å². The Morgan fingerprint density at radius 2 is 1.83 bits per heavy atom. The lowest BCUT2D eigenvalue weighted by Crippen LogP contribution is -2.39. The Morgan fingerprint density at radius 3 is 2.46 bits per heavy atom. The first-order chi connectivity index (χ1) is 11.6. The number of nitrogens with one attached hydrogen (secondary N) is 1. The molecule has 0 saturated heterocycles. The molecule has 2 rings (SSSR count). The summed E-state index contributed by atoms with van der Waals surface area (Å²) in [5, 5.41) is 2.96. The molecule has 4 heteroatoms. The van der Waals surface area contributed by atoms with E-state index in [1.165, 1.54) is 0 Å². The number of benzene rings is 2. The van der Waals surface area contributed by atoms with E-state index in [0.29, 0.717) is 13.0 Å². The Bertz CT molecular complexity index is 652. The van der Waals surface area contributed by atoms with Crippen LogP contribution in [0.5, 0.6) is 11.5 Å². The molecule has 0 fully saturated rings. The van der Waals surface area contributed by atoms with Crippen molar-refractivity contribution in [2.45, 2.75) is 32.8 Å². The molecule has 128 valence electrons. The zero-order valence-corrected chi connectivity index (χ0v) is 14.5. The van der Waals surface area contributed by atoms with Gasteiger partial charge in [0.15, 0.2) is 6.10 Å². The zero-order valence-electron chi connectivity index (χ0n) is 14.5. The van der Waals surface area contributed by atoms with E-state index < -0.39 is 6.10 Å². The van der Waals surface area contributed by atoms with Crippen LogP contribution in [0, 0.1) is 6.92 Å². The quantitative estimate of drug-likeness (QED) is 0.807. The Kier molecular flexibility index (Phi) is 6.67. The predicted molar refractivity (Wildman–Crippen MR) is 95.6 cm³/mol. The van der Waals surface area contributed by atoms with Crippen molar-refractivity contribution in [3.8, 4) is 11.5 Å². The predicted octanol–water partition coefficient (Wildman–Crippen LogP) is 3.52. The number of hydrogen-bond acceptors (Lipinski definition) is 3. The van der Waals surface area contributed by atoms with Crippen molar-refractivity contribution in [1.82, 2.24) is 5.32 Å². The molecule has 0 saturated carbocycles. The lowest BCUT2D eigenvalue weighted by molar-refractivity contribution is -0.128. The number of methoxy groups -OCH3 is 1. The topological polar surface area (TPSA) is 47.6 Å². The minimum absolute atomic E-state index is 0.0748. The Balaban J connectivity index is 1.84. The first-order valence-corrected chi connectivity index (χ1v) is 8.27. The number of aryl methyl sites for hydroxylation is 1. The molecule has 0 aliphatic rings. The lowest BCUT2D eigenvalue weighted by atomic mass is 10.1. The van der Waals surface area contributed by atoms with Crippen LogP contribution in [0.2, 0.25) is 0 Å². The average Bonchev–Trinajstić information content (AvgIpc) is 2.61. The SMILES string of the molecule is CCC(Oc1ccccc1C)C(=O)NCCc1ccc(OC)cc1. The summed E-state index contributed by atoms with van der Waals surface area (Å²) in [5.41, 5.74) is 2.19. The lowest BCUT2D eigenvalue weighted by Gasteiger charge is -2.18. The van der Waals surface area contributed by atoms with Gasteiger partial charge in [-0.25, -0.2) is 0 Å². The van der Waals surface area contributed by atoms with Gasteiger partial charge in [0, 0.05) is 6.54 Å². The van der Waals surface area contributed by atoms with Gasteiger partial charge in [0.25, 0.3) is 5.91 Å². The highest BCUT2D eigenvalue weighted by Crippen LogP contribution is 2.19. The van der Waals surface area contributed by atoms with Crippen LogP contribution in [0.1, 0.15) is 24.5 Å². The summed E-state index contributed by atoms with van der Waals surface area (Å²) in [6.07, 6.45) is 0.932. The molecule has 0 aliphatic carbocycles. The number of carbonyl (C=O) groups excluding carboxylic acids is 1. The summed E-state index contributed by atoms with van der Waals surface area (Å²) in [6, 6.07) is 15.6. The molecule has 0 aromatic heterocycles. The maximum Gasteiger partial charge on any atom is 0.261 e. The van der Waals surface area contributed by atoms with Crippen molar-refractivity contribution in [1.29, 1.82) is 0 Å². The van der Waals surface area contributed by atoms with Crippen LogP contribution < -0.4 is 14.8 Å². The van der Waals surface area contributed by atoms with Crippen LogP contribution in [0.4, 0.5) is 0 Å². The van der Waals surface area contributed by atoms with Crippen LogP contribution in [-0.4, -0.2) is 25.7 Å². The van der Waals surface area contributed by atoms with Gasteiger partial charge in [-0.2, -0.15) is 0 Å². The standard InChI is InChI=1S/C20H25NO3/c1-4-18(24-19-8-6-5-7-15(19)2)20(22)21-14-13-16-9-11-17(23-3)12-10-16/h5-12,18H,4,13-14H2,1-3H3,(H,21,22). The first kappa shape index (κ1) is 17.9. The molecule has 0 spiro atoms. The molecule has 2 aromatic carbocycles. The number of ether oxygens (including phenoxy) is 2. The molecule has 1 amide bonds. The van der Waals surface area contributed by atoms with Crippen LogP contribution in [0.3, 0.4) is 0 Å². The first-order valence-electron chi connectivity index (χ1n) is 8.27. The van der Waals surface area contributed by atoms with E-state index in [4.69, 9.17) is 9.47 Å². The normalized spacial score (nSPS) is 11.6. The third-order valence-corrected chi connectivity index (χ3v) is 3.90. The third kappa shape index (κ3) is 5.01. The number of para-hydroxylation sites is 1. The van der Waals surface area contributed by atoms with Gasteiger partial charge in [-0.05, 0) is 49.1 Å². The van der Waals surface area contributed by atoms with Gasteiger partial charge >= 0.3 is 0 Å². The van der Waals surface area contributed by atoms with Crippen LogP contribution >= 0.6 is 0 Å². The highest BCUT2D eigenvalue weighted by molar-refractivity contribution is 5.81. The summed E-state index contributed by atoms with van der Waals surface area (Å²) in [4.78, 5) is 12.3. The van der Waals surface area contributed by atoms with Crippen molar-refractivity contribution in [3.05, 3.63) is 59.7 Å². The average molecular weight is 327 g/mol. The fraction of sp³-hybridized carbons (Fsp3) is 0.350. The van der Waals surface area contributed by atoms with Gasteiger partial charge in [0.05, 0.1) is 7.11 Å². The molecule has 1 atom stereocenters. The van der Waals surface area contributed by atoms with E-state index in [0.717, 1.165) is 29.0 Å². The van der Waals surface area contributed by atoms with Gasteiger partial charge in [-0.3, -0.25) is 4.79 Å². The van der Waals surface area contributed by atoms with Crippen molar-refractivity contribution in [2.75, 3.05) is 13.7 Å². The third-order valence-electron chi connectivity index (χ3n) is 3.90. The van der Waals surface area contributed by atoms with Crippen molar-refractivity contribution in [2.24, 2.45) is 0 Å². The van der Waals surface area contributed by atoms with E-state index in [1.807, 2.05) is 62.4 Å². The fourth-order valence-corrected chi connectivity index (χ4v) is 2.40. The minimum Gasteiger partial charge on any atom is -0.497 e. The van der Waals surface area contributed by atoms with Gasteiger partial charge in [-0.1, -0.05) is 37.3 Å². The molecular formula is C20H25NO3. The van der Waals surface area contributed by atoms with E-state index in [2.05, 4.69) is 5.32 Å². The molecule has 0 aliphatic heterocycles. The summed E-state index contributed by atoms with van der Waals surface area (Å²) < 4.78 is 11.0. The van der Waals surface area contributed by atoms with E-state index in [9.17, 15) is 4.79 Å². The molecule has 1 N–H and O–H groups in total. The number of hydrogen-bond donors (Lipinski definition) is 1. The Labute approximate surface area is 143 Å². The monoisotopic (exact) mass is 327 g/mol. The molecule has 2 aromatic rings. The van der Waals surface area contributed by atoms with Crippen molar-refractivity contribution < 1.29 is 14.3 Å². The minimum atomic E-state index is -0.470. The molecule has 4 nitrogen and oxygen atoms in total. The highest BCUT2D eigenvalue weighted by Gasteiger charge is 2.18. The number of rotatable bonds is 8.